The van der Waals surface area contributed by atoms with E-state index in [9.17, 15) is 0 Å². The van der Waals surface area contributed by atoms with Gasteiger partial charge in [-0.05, 0) is 256 Å². The second kappa shape index (κ2) is 8.42. The van der Waals surface area contributed by atoms with Gasteiger partial charge in [0.25, 0.3) is 0 Å². The molecule has 0 spiro atoms. The summed E-state index contributed by atoms with van der Waals surface area (Å²) in [5, 5.41) is 0. The van der Waals surface area contributed by atoms with Crippen molar-refractivity contribution in [1.29, 1.82) is 0 Å². The highest BCUT2D eigenvalue weighted by atomic mass is 14.8. The Morgan fingerprint density at radius 2 is 0.708 bits per heavy atom. The van der Waals surface area contributed by atoms with Gasteiger partial charge < -0.3 is 0 Å². The topological polar surface area (TPSA) is 0 Å². The summed E-state index contributed by atoms with van der Waals surface area (Å²) in [6.45, 7) is 0. The van der Waals surface area contributed by atoms with Crippen LogP contribution in [0.4, 0.5) is 0 Å². The summed E-state index contributed by atoms with van der Waals surface area (Å²) in [5.41, 5.74) is 4.71. The largest absolute Gasteiger partial charge is 0.0636 e. The molecule has 0 heterocycles. The molecule has 14 fully saturated rings. The highest BCUT2D eigenvalue weighted by Crippen LogP contribution is 2.86. The standard InChI is InChI=1S/C48H64/c1-3-20-15-23-9-10-24-17-26-12-11-25-16-22-8-7-19-13-14-29-27-5-2-4-21-18-30-28(6-1)31(20)41-35(23)36(24)44-38(26)37(25)43-34(22)33(19)39(29)45-42(32(21)27)40(30)46(41)48(44)47(43)45/h19-36,39-48H,1-18H2. The first kappa shape index (κ1) is 26.5. The molecule has 0 aromatic carbocycles. The third-order valence-corrected chi connectivity index (χ3v) is 24.3. The van der Waals surface area contributed by atoms with Gasteiger partial charge in [-0.25, -0.2) is 0 Å². The van der Waals surface area contributed by atoms with Crippen molar-refractivity contribution in [1.82, 2.24) is 0 Å². The van der Waals surface area contributed by atoms with Crippen LogP contribution in [0.2, 0.25) is 0 Å². The summed E-state index contributed by atoms with van der Waals surface area (Å²) in [6, 6.07) is 0. The van der Waals surface area contributed by atoms with Crippen molar-refractivity contribution < 1.29 is 0 Å². The Hall–Kier alpha value is -0.260. The van der Waals surface area contributed by atoms with Crippen LogP contribution in [-0.4, -0.2) is 0 Å². The minimum Gasteiger partial charge on any atom is -0.0636 e. The van der Waals surface area contributed by atoms with E-state index >= 15 is 0 Å². The number of hydrogen-bond donors (Lipinski definition) is 0. The van der Waals surface area contributed by atoms with E-state index in [4.69, 9.17) is 0 Å². The molecule has 0 saturated heterocycles. The van der Waals surface area contributed by atoms with Gasteiger partial charge in [-0.2, -0.15) is 0 Å². The Kier molecular flexibility index (Phi) is 4.65. The molecular formula is C48H64. The number of fused-ring (bicyclic) bond motifs is 2. The van der Waals surface area contributed by atoms with Gasteiger partial charge in [0.05, 0.1) is 0 Å². The van der Waals surface area contributed by atoms with E-state index in [1.807, 2.05) is 0 Å². The first-order valence-corrected chi connectivity index (χ1v) is 23.6. The lowest BCUT2D eigenvalue weighted by atomic mass is 9.21. The van der Waals surface area contributed by atoms with E-state index in [-0.39, 0.29) is 0 Å². The van der Waals surface area contributed by atoms with Gasteiger partial charge in [0.1, 0.15) is 0 Å². The van der Waals surface area contributed by atoms with E-state index in [1.54, 1.807) is 116 Å². The van der Waals surface area contributed by atoms with E-state index in [1.165, 1.54) is 107 Å². The average molecular weight is 641 g/mol. The maximum absolute atomic E-state index is 2.35. The van der Waals surface area contributed by atoms with Gasteiger partial charge in [-0.15, -0.1) is 0 Å². The fraction of sp³-hybridized carbons (Fsp3) is 0.958. The summed E-state index contributed by atoms with van der Waals surface area (Å²) in [4.78, 5) is 0. The first-order chi connectivity index (χ1) is 23.8. The number of allylic oxidation sites excluding steroid dienone is 2. The Balaban J connectivity index is 1.02. The van der Waals surface area contributed by atoms with Crippen molar-refractivity contribution in [3.8, 4) is 0 Å². The zero-order valence-electron chi connectivity index (χ0n) is 29.9. The summed E-state index contributed by atoms with van der Waals surface area (Å²) < 4.78 is 0. The van der Waals surface area contributed by atoms with Crippen molar-refractivity contribution in [3.05, 3.63) is 11.1 Å². The minimum absolute atomic E-state index is 1.06. The maximum Gasteiger partial charge on any atom is -0.0130 e. The molecule has 256 valence electrons. The van der Waals surface area contributed by atoms with Gasteiger partial charge in [-0.3, -0.25) is 0 Å². The normalized spacial score (nSPS) is 73.5. The molecule has 16 rings (SSSR count). The predicted molar refractivity (Wildman–Crippen MR) is 188 cm³/mol. The highest BCUT2D eigenvalue weighted by Gasteiger charge is 2.80. The molecular weight excluding hydrogens is 577 g/mol. The van der Waals surface area contributed by atoms with Gasteiger partial charge in [0, 0.05) is 0 Å². The molecule has 48 heavy (non-hydrogen) atoms. The first-order valence-electron chi connectivity index (χ1n) is 23.6. The lowest BCUT2D eigenvalue weighted by molar-refractivity contribution is -0.338. The molecule has 0 nitrogen and oxygen atoms in total. The average Bonchev–Trinajstić information content (AvgIpc) is 3.13. The fourth-order valence-corrected chi connectivity index (χ4v) is 25.0. The molecule has 0 bridgehead atoms. The highest BCUT2D eigenvalue weighted by molar-refractivity contribution is 5.42. The molecule has 0 aliphatic heterocycles. The summed E-state index contributed by atoms with van der Waals surface area (Å²) in [5.74, 6) is 32.8. The van der Waals surface area contributed by atoms with E-state index in [2.05, 4.69) is 11.1 Å². The zero-order valence-corrected chi connectivity index (χ0v) is 29.9. The van der Waals surface area contributed by atoms with Crippen molar-refractivity contribution >= 4 is 0 Å². The van der Waals surface area contributed by atoms with Gasteiger partial charge in [0.15, 0.2) is 0 Å². The third-order valence-electron chi connectivity index (χ3n) is 24.3. The summed E-state index contributed by atoms with van der Waals surface area (Å²) in [6.07, 6.45) is 30.2. The molecule has 28 unspecified atom stereocenters. The molecule has 14 saturated carbocycles. The molecule has 16 aliphatic rings. The van der Waals surface area contributed by atoms with Gasteiger partial charge in [-0.1, -0.05) is 36.8 Å². The SMILES string of the molecule is C1CC2CC3CCC4CC5CCC6CC7CCC8CCC9C%10CCCC%11CC%12C(C1)C2C1C3C4C2C5=C6C3C7C8C9C4C3C2C1C%12C4C%11%10. The van der Waals surface area contributed by atoms with Crippen molar-refractivity contribution in [3.63, 3.8) is 0 Å². The van der Waals surface area contributed by atoms with Crippen LogP contribution in [0, 0.1) is 166 Å². The molecule has 0 aromatic heterocycles. The smallest absolute Gasteiger partial charge is 0.0130 e. The van der Waals surface area contributed by atoms with Crippen molar-refractivity contribution in [2.24, 2.45) is 166 Å². The molecule has 28 atom stereocenters. The monoisotopic (exact) mass is 641 g/mol. The van der Waals surface area contributed by atoms with Crippen LogP contribution in [0.1, 0.15) is 116 Å². The van der Waals surface area contributed by atoms with E-state index in [0.29, 0.717) is 0 Å². The summed E-state index contributed by atoms with van der Waals surface area (Å²) in [7, 11) is 0. The lowest BCUT2D eigenvalue weighted by Gasteiger charge is -2.83. The Labute approximate surface area is 291 Å². The van der Waals surface area contributed by atoms with Crippen LogP contribution >= 0.6 is 0 Å². The molecule has 0 heteroatoms. The Bertz CT molecular complexity index is 1520. The van der Waals surface area contributed by atoms with Crippen molar-refractivity contribution in [2.75, 3.05) is 0 Å². The molecule has 0 N–H and O–H groups in total. The second-order valence-corrected chi connectivity index (χ2v) is 23.8. The van der Waals surface area contributed by atoms with Crippen LogP contribution in [0.25, 0.3) is 0 Å². The predicted octanol–water partition coefficient (Wildman–Crippen LogP) is 10.8. The number of hydrogen-bond acceptors (Lipinski definition) is 0. The van der Waals surface area contributed by atoms with Crippen LogP contribution in [0.5, 0.6) is 0 Å². The zero-order chi connectivity index (χ0) is 30.0. The van der Waals surface area contributed by atoms with Gasteiger partial charge in [0.2, 0.25) is 0 Å². The second-order valence-electron chi connectivity index (χ2n) is 23.8. The van der Waals surface area contributed by atoms with Crippen LogP contribution < -0.4 is 0 Å². The Morgan fingerprint density at radius 3 is 1.40 bits per heavy atom. The van der Waals surface area contributed by atoms with Crippen LogP contribution in [0.15, 0.2) is 11.1 Å². The molecule has 0 radical (unpaired) electrons. The maximum atomic E-state index is 2.35. The van der Waals surface area contributed by atoms with E-state index < -0.39 is 0 Å². The lowest BCUT2D eigenvalue weighted by Crippen LogP contribution is -2.78. The Morgan fingerprint density at radius 1 is 0.250 bits per heavy atom. The third kappa shape index (κ3) is 2.60. The summed E-state index contributed by atoms with van der Waals surface area (Å²) >= 11 is 0. The van der Waals surface area contributed by atoms with Gasteiger partial charge >= 0.3 is 0 Å². The van der Waals surface area contributed by atoms with Crippen molar-refractivity contribution in [2.45, 2.75) is 116 Å². The van der Waals surface area contributed by atoms with Crippen LogP contribution in [-0.2, 0) is 0 Å². The number of rotatable bonds is 0. The van der Waals surface area contributed by atoms with E-state index in [0.717, 1.165) is 59.2 Å². The molecule has 16 aliphatic carbocycles. The molecule has 0 aromatic rings. The fourth-order valence-electron chi connectivity index (χ4n) is 25.0. The minimum atomic E-state index is 1.06. The van der Waals surface area contributed by atoms with Crippen LogP contribution in [0.3, 0.4) is 0 Å². The quantitative estimate of drug-likeness (QED) is 0.231. The molecule has 0 amide bonds.